The highest BCUT2D eigenvalue weighted by Gasteiger charge is 2.26. The van der Waals surface area contributed by atoms with E-state index in [-0.39, 0.29) is 16.7 Å². The second-order valence-electron chi connectivity index (χ2n) is 8.94. The van der Waals surface area contributed by atoms with Crippen molar-refractivity contribution in [3.05, 3.63) is 82.4 Å². The molecular formula is C28H33FN4O5S. The number of aromatic amines is 1. The van der Waals surface area contributed by atoms with Crippen LogP contribution in [-0.4, -0.2) is 60.8 Å². The van der Waals surface area contributed by atoms with Gasteiger partial charge < -0.3 is 20.5 Å². The first-order chi connectivity index (χ1) is 18.5. The minimum atomic E-state index is -4.00. The lowest BCUT2D eigenvalue weighted by atomic mass is 10.0. The van der Waals surface area contributed by atoms with Crippen LogP contribution >= 0.6 is 0 Å². The number of fused-ring (bicyclic) bond motifs is 1. The number of amides is 2. The predicted octanol–water partition coefficient (Wildman–Crippen LogP) is 4.27. The standard InChI is InChI=1S/C22H27FN4O2.C6H6O3S/c1-5-27(6-2)10-9-24-22(29)20-13(3)19(25-14(20)4)12-17-16-11-15(23)7-8-18(16)26-21(17)28;7-10(8,9)6-4-2-1-3-5-6/h7-8,11-12,25H,5-6,9-10H2,1-4H3,(H,24,29)(H,26,28);1-5H,(H,7,8,9). The van der Waals surface area contributed by atoms with Gasteiger partial charge in [0.15, 0.2) is 0 Å². The number of benzene rings is 2. The zero-order valence-electron chi connectivity index (χ0n) is 22.3. The summed E-state index contributed by atoms with van der Waals surface area (Å²) < 4.78 is 42.9. The maximum absolute atomic E-state index is 13.7. The van der Waals surface area contributed by atoms with Crippen molar-refractivity contribution < 1.29 is 27.0 Å². The van der Waals surface area contributed by atoms with Crippen molar-refractivity contribution in [3.63, 3.8) is 0 Å². The van der Waals surface area contributed by atoms with E-state index in [1.54, 1.807) is 30.3 Å². The first-order valence-corrected chi connectivity index (χ1v) is 13.9. The molecule has 2 heterocycles. The van der Waals surface area contributed by atoms with Gasteiger partial charge in [-0.1, -0.05) is 32.0 Å². The van der Waals surface area contributed by atoms with Gasteiger partial charge in [0.05, 0.1) is 16.0 Å². The first-order valence-electron chi connectivity index (χ1n) is 12.5. The molecule has 4 rings (SSSR count). The number of nitrogens with zero attached hydrogens (tertiary/aromatic N) is 1. The zero-order chi connectivity index (χ0) is 28.7. The van der Waals surface area contributed by atoms with Crippen molar-refractivity contribution in [1.82, 2.24) is 15.2 Å². The van der Waals surface area contributed by atoms with Gasteiger partial charge in [0.1, 0.15) is 5.82 Å². The molecule has 0 bridgehead atoms. The fourth-order valence-corrected chi connectivity index (χ4v) is 4.76. The molecule has 0 saturated heterocycles. The van der Waals surface area contributed by atoms with Gasteiger partial charge in [-0.3, -0.25) is 14.1 Å². The van der Waals surface area contributed by atoms with Crippen LogP contribution < -0.4 is 10.6 Å². The van der Waals surface area contributed by atoms with Crippen molar-refractivity contribution in [2.75, 3.05) is 31.5 Å². The van der Waals surface area contributed by atoms with E-state index in [4.69, 9.17) is 4.55 Å². The third-order valence-corrected chi connectivity index (χ3v) is 7.27. The highest BCUT2D eigenvalue weighted by Crippen LogP contribution is 2.34. The smallest absolute Gasteiger partial charge is 0.294 e. The summed E-state index contributed by atoms with van der Waals surface area (Å²) in [6.45, 7) is 11.1. The fraction of sp³-hybridized carbons (Fsp3) is 0.286. The summed E-state index contributed by atoms with van der Waals surface area (Å²) in [6.07, 6.45) is 1.68. The molecular weight excluding hydrogens is 523 g/mol. The predicted molar refractivity (Wildman–Crippen MR) is 150 cm³/mol. The van der Waals surface area contributed by atoms with E-state index in [1.807, 2.05) is 13.8 Å². The number of likely N-dealkylation sites (N-methyl/N-ethyl adjacent to an activating group) is 1. The normalized spacial score (nSPS) is 13.6. The van der Waals surface area contributed by atoms with E-state index in [0.717, 1.165) is 30.9 Å². The Labute approximate surface area is 227 Å². The number of H-pyrrole nitrogens is 1. The Balaban J connectivity index is 0.000000353. The van der Waals surface area contributed by atoms with Crippen LogP contribution in [0.2, 0.25) is 0 Å². The number of aromatic nitrogens is 1. The summed E-state index contributed by atoms with van der Waals surface area (Å²) in [5, 5.41) is 5.70. The highest BCUT2D eigenvalue weighted by atomic mass is 32.2. The summed E-state index contributed by atoms with van der Waals surface area (Å²) >= 11 is 0. The van der Waals surface area contributed by atoms with Crippen molar-refractivity contribution >= 4 is 39.3 Å². The third kappa shape index (κ3) is 7.41. The number of nitrogens with one attached hydrogen (secondary N) is 3. The fourth-order valence-electron chi connectivity index (χ4n) is 4.26. The Morgan fingerprint density at radius 1 is 1.10 bits per heavy atom. The molecule has 1 aliphatic heterocycles. The Hall–Kier alpha value is -3.80. The molecule has 208 valence electrons. The maximum Gasteiger partial charge on any atom is 0.294 e. The van der Waals surface area contributed by atoms with Crippen LogP contribution in [0.1, 0.15) is 46.7 Å². The molecule has 0 spiro atoms. The molecule has 0 radical (unpaired) electrons. The minimum Gasteiger partial charge on any atom is -0.358 e. The van der Waals surface area contributed by atoms with Gasteiger partial charge >= 0.3 is 0 Å². The number of rotatable bonds is 8. The Bertz CT molecular complexity index is 1480. The zero-order valence-corrected chi connectivity index (χ0v) is 23.2. The molecule has 0 saturated carbocycles. The lowest BCUT2D eigenvalue weighted by Gasteiger charge is -2.18. The number of hydrogen-bond donors (Lipinski definition) is 4. The summed E-state index contributed by atoms with van der Waals surface area (Å²) in [5.74, 6) is -0.836. The van der Waals surface area contributed by atoms with Crippen LogP contribution in [0.15, 0.2) is 53.4 Å². The number of anilines is 1. The van der Waals surface area contributed by atoms with Gasteiger partial charge in [-0.05, 0) is 68.9 Å². The van der Waals surface area contributed by atoms with Crippen molar-refractivity contribution in [1.29, 1.82) is 0 Å². The third-order valence-electron chi connectivity index (χ3n) is 6.41. The summed E-state index contributed by atoms with van der Waals surface area (Å²) in [5.41, 5.74) is 4.20. The van der Waals surface area contributed by atoms with Gasteiger partial charge in [-0.2, -0.15) is 8.42 Å². The molecule has 1 aromatic heterocycles. The topological polar surface area (TPSA) is 132 Å². The number of carbonyl (C=O) groups excluding carboxylic acids is 2. The molecule has 39 heavy (non-hydrogen) atoms. The molecule has 0 fully saturated rings. The van der Waals surface area contributed by atoms with Gasteiger partial charge in [-0.15, -0.1) is 0 Å². The van der Waals surface area contributed by atoms with Crippen LogP contribution in [0.5, 0.6) is 0 Å². The van der Waals surface area contributed by atoms with Gasteiger partial charge in [0.2, 0.25) is 0 Å². The second-order valence-corrected chi connectivity index (χ2v) is 10.4. The van der Waals surface area contributed by atoms with Crippen LogP contribution in [0.4, 0.5) is 10.1 Å². The van der Waals surface area contributed by atoms with Crippen molar-refractivity contribution in [2.45, 2.75) is 32.6 Å². The van der Waals surface area contributed by atoms with E-state index in [9.17, 15) is 22.4 Å². The van der Waals surface area contributed by atoms with E-state index in [1.165, 1.54) is 24.3 Å². The van der Waals surface area contributed by atoms with E-state index >= 15 is 0 Å². The Kier molecular flexibility index (Phi) is 9.79. The second kappa shape index (κ2) is 12.8. The molecule has 9 nitrogen and oxygen atoms in total. The molecule has 0 atom stereocenters. The Morgan fingerprint density at radius 2 is 1.77 bits per heavy atom. The lowest BCUT2D eigenvalue weighted by Crippen LogP contribution is -2.35. The van der Waals surface area contributed by atoms with E-state index < -0.39 is 15.9 Å². The average molecular weight is 557 g/mol. The molecule has 2 aromatic carbocycles. The average Bonchev–Trinajstić information content (AvgIpc) is 3.36. The first kappa shape index (κ1) is 29.8. The van der Waals surface area contributed by atoms with E-state index in [2.05, 4.69) is 34.4 Å². The summed E-state index contributed by atoms with van der Waals surface area (Å²) in [7, 11) is -4.00. The number of halogens is 1. The largest absolute Gasteiger partial charge is 0.358 e. The monoisotopic (exact) mass is 556 g/mol. The molecule has 1 aliphatic rings. The van der Waals surface area contributed by atoms with Crippen LogP contribution in [0.25, 0.3) is 11.6 Å². The van der Waals surface area contributed by atoms with Crippen molar-refractivity contribution in [3.8, 4) is 0 Å². The highest BCUT2D eigenvalue weighted by molar-refractivity contribution is 7.85. The molecule has 3 aromatic rings. The Morgan fingerprint density at radius 3 is 2.36 bits per heavy atom. The quantitative estimate of drug-likeness (QED) is 0.242. The maximum atomic E-state index is 13.7. The van der Waals surface area contributed by atoms with Gasteiger partial charge in [-0.25, -0.2) is 4.39 Å². The lowest BCUT2D eigenvalue weighted by molar-refractivity contribution is -0.110. The molecule has 0 unspecified atom stereocenters. The summed E-state index contributed by atoms with van der Waals surface area (Å²) in [4.78, 5) is 30.4. The van der Waals surface area contributed by atoms with Crippen LogP contribution in [0.3, 0.4) is 0 Å². The SMILES string of the molecule is CCN(CC)CCNC(=O)c1c(C)[nH]c(C=C2C(=O)Nc3ccc(F)cc32)c1C.O=S(=O)(O)c1ccccc1. The van der Waals surface area contributed by atoms with Crippen molar-refractivity contribution in [2.24, 2.45) is 0 Å². The molecule has 4 N–H and O–H groups in total. The molecule has 2 amide bonds. The number of carbonyl (C=O) groups is 2. The number of aryl methyl sites for hydroxylation is 1. The van der Waals surface area contributed by atoms with E-state index in [0.29, 0.717) is 34.6 Å². The molecule has 11 heteroatoms. The van der Waals surface area contributed by atoms with Crippen LogP contribution in [0, 0.1) is 19.7 Å². The minimum absolute atomic E-state index is 0.0741. The van der Waals surface area contributed by atoms with Crippen LogP contribution in [-0.2, 0) is 14.9 Å². The number of hydrogen-bond acceptors (Lipinski definition) is 5. The molecule has 0 aliphatic carbocycles. The van der Waals surface area contributed by atoms with Gasteiger partial charge in [0, 0.05) is 35.7 Å². The summed E-state index contributed by atoms with van der Waals surface area (Å²) in [6, 6.07) is 11.6. The van der Waals surface area contributed by atoms with Gasteiger partial charge in [0.25, 0.3) is 21.9 Å².